The lowest BCUT2D eigenvalue weighted by Gasteiger charge is -2.34. The zero-order valence-electron chi connectivity index (χ0n) is 17.3. The summed E-state index contributed by atoms with van der Waals surface area (Å²) in [6, 6.07) is 14.2. The molecular formula is C22H26ClN5OS. The summed E-state index contributed by atoms with van der Waals surface area (Å²) in [6.07, 6.45) is 0. The minimum atomic E-state index is -0.575. The van der Waals surface area contributed by atoms with Crippen LogP contribution in [0.3, 0.4) is 0 Å². The number of anilines is 2. The molecule has 1 atom stereocenters. The average Bonchev–Trinajstić information content (AvgIpc) is 3.12. The predicted molar refractivity (Wildman–Crippen MR) is 128 cm³/mol. The molecule has 0 aliphatic carbocycles. The minimum Gasteiger partial charge on any atom is -0.376 e. The second-order valence-corrected chi connectivity index (χ2v) is 8.42. The van der Waals surface area contributed by atoms with E-state index in [9.17, 15) is 4.79 Å². The van der Waals surface area contributed by atoms with Crippen LogP contribution >= 0.6 is 23.8 Å². The van der Waals surface area contributed by atoms with Gasteiger partial charge in [-0.3, -0.25) is 9.79 Å². The van der Waals surface area contributed by atoms with Crippen LogP contribution in [0.2, 0.25) is 5.02 Å². The van der Waals surface area contributed by atoms with Crippen LogP contribution in [0.4, 0.5) is 11.4 Å². The molecule has 1 aliphatic heterocycles. The summed E-state index contributed by atoms with van der Waals surface area (Å²) in [5, 5.41) is 3.72. The highest BCUT2D eigenvalue weighted by Crippen LogP contribution is 2.24. The van der Waals surface area contributed by atoms with Gasteiger partial charge in [0.2, 0.25) is 5.91 Å². The normalized spacial score (nSPS) is 14.4. The van der Waals surface area contributed by atoms with Crippen molar-refractivity contribution in [3.05, 3.63) is 59.1 Å². The number of nitrogens with two attached hydrogens (primary N) is 1. The number of rotatable bonds is 6. The van der Waals surface area contributed by atoms with Gasteiger partial charge in [-0.1, -0.05) is 25.4 Å². The number of likely N-dealkylation sites (N-methyl/N-ethyl adjacent to an activating group) is 1. The van der Waals surface area contributed by atoms with E-state index in [1.165, 1.54) is 0 Å². The minimum absolute atomic E-state index is 0.0389. The van der Waals surface area contributed by atoms with Crippen LogP contribution in [0, 0.1) is 5.92 Å². The van der Waals surface area contributed by atoms with E-state index in [-0.39, 0.29) is 16.9 Å². The lowest BCUT2D eigenvalue weighted by Crippen LogP contribution is -2.52. The van der Waals surface area contributed by atoms with Crippen molar-refractivity contribution in [2.75, 3.05) is 30.4 Å². The fourth-order valence-electron chi connectivity index (χ4n) is 3.51. The Morgan fingerprint density at radius 3 is 2.33 bits per heavy atom. The molecule has 0 fully saturated rings. The monoisotopic (exact) mass is 443 g/mol. The molecule has 30 heavy (non-hydrogen) atoms. The number of carbonyl (C=O) groups excluding carboxylic acids is 1. The summed E-state index contributed by atoms with van der Waals surface area (Å²) in [5.74, 6) is 0.745. The third-order valence-corrected chi connectivity index (χ3v) is 5.44. The maximum atomic E-state index is 13.2. The van der Waals surface area contributed by atoms with Crippen LogP contribution in [-0.4, -0.2) is 47.9 Å². The van der Waals surface area contributed by atoms with Crippen LogP contribution < -0.4 is 16.0 Å². The van der Waals surface area contributed by atoms with Crippen molar-refractivity contribution in [1.29, 1.82) is 0 Å². The van der Waals surface area contributed by atoms with Gasteiger partial charge in [0.1, 0.15) is 11.9 Å². The second kappa shape index (κ2) is 9.45. The van der Waals surface area contributed by atoms with Crippen molar-refractivity contribution in [1.82, 2.24) is 4.90 Å². The molecule has 6 nitrogen and oxygen atoms in total. The van der Waals surface area contributed by atoms with Crippen molar-refractivity contribution in [2.45, 2.75) is 19.9 Å². The van der Waals surface area contributed by atoms with E-state index < -0.39 is 6.04 Å². The Balaban J connectivity index is 1.81. The van der Waals surface area contributed by atoms with Crippen molar-refractivity contribution in [2.24, 2.45) is 16.6 Å². The molecular weight excluding hydrogens is 418 g/mol. The van der Waals surface area contributed by atoms with Crippen molar-refractivity contribution < 1.29 is 4.79 Å². The van der Waals surface area contributed by atoms with Crippen molar-refractivity contribution in [3.63, 3.8) is 0 Å². The SMILES string of the molecule is CC(C)C(C(=O)Nc1ccc(C2=NCCN2C)cc1)N(C(N)=S)c1ccc(Cl)cc1. The van der Waals surface area contributed by atoms with Crippen molar-refractivity contribution >= 4 is 52.0 Å². The first-order valence-electron chi connectivity index (χ1n) is 9.79. The van der Waals surface area contributed by atoms with E-state index in [0.717, 1.165) is 30.2 Å². The van der Waals surface area contributed by atoms with Gasteiger partial charge in [0.15, 0.2) is 5.11 Å². The fourth-order valence-corrected chi connectivity index (χ4v) is 3.85. The first kappa shape index (κ1) is 22.1. The molecule has 0 bridgehead atoms. The molecule has 1 aliphatic rings. The molecule has 3 rings (SSSR count). The summed E-state index contributed by atoms with van der Waals surface area (Å²) in [6.45, 7) is 5.65. The number of aliphatic imine (C=N–C) groups is 1. The second-order valence-electron chi connectivity index (χ2n) is 7.57. The number of thiocarbonyl (C=S) groups is 1. The number of hydrogen-bond donors (Lipinski definition) is 2. The largest absolute Gasteiger partial charge is 0.376 e. The molecule has 1 unspecified atom stereocenters. The molecule has 0 saturated heterocycles. The zero-order valence-corrected chi connectivity index (χ0v) is 18.9. The Morgan fingerprint density at radius 1 is 1.20 bits per heavy atom. The van der Waals surface area contributed by atoms with Gasteiger partial charge in [-0.25, -0.2) is 0 Å². The van der Waals surface area contributed by atoms with Crippen LogP contribution in [0.1, 0.15) is 19.4 Å². The third-order valence-electron chi connectivity index (χ3n) is 4.99. The van der Waals surface area contributed by atoms with Gasteiger partial charge in [-0.15, -0.1) is 0 Å². The van der Waals surface area contributed by atoms with E-state index >= 15 is 0 Å². The Morgan fingerprint density at radius 2 is 1.83 bits per heavy atom. The van der Waals surface area contributed by atoms with Gasteiger partial charge in [0.05, 0.1) is 6.54 Å². The van der Waals surface area contributed by atoms with Crippen LogP contribution in [-0.2, 0) is 4.79 Å². The Labute approximate surface area is 187 Å². The molecule has 3 N–H and O–H groups in total. The molecule has 0 saturated carbocycles. The number of amidine groups is 1. The summed E-state index contributed by atoms with van der Waals surface area (Å²) in [5.41, 5.74) is 8.46. The average molecular weight is 444 g/mol. The molecule has 0 spiro atoms. The maximum Gasteiger partial charge on any atom is 0.247 e. The molecule has 1 amide bonds. The fraction of sp³-hybridized carbons (Fsp3) is 0.318. The first-order valence-corrected chi connectivity index (χ1v) is 10.6. The van der Waals surface area contributed by atoms with E-state index in [1.54, 1.807) is 29.2 Å². The predicted octanol–water partition coefficient (Wildman–Crippen LogP) is 3.75. The van der Waals surface area contributed by atoms with E-state index in [0.29, 0.717) is 10.7 Å². The number of amides is 1. The molecule has 2 aromatic rings. The molecule has 0 aromatic heterocycles. The van der Waals surface area contributed by atoms with E-state index in [4.69, 9.17) is 29.6 Å². The smallest absolute Gasteiger partial charge is 0.247 e. The van der Waals surface area contributed by atoms with E-state index in [1.807, 2.05) is 45.2 Å². The first-order chi connectivity index (χ1) is 14.3. The standard InChI is InChI=1S/C22H26ClN5OS/c1-14(2)19(28(22(24)30)18-10-6-16(23)7-11-18)21(29)26-17-8-4-15(5-9-17)20-25-12-13-27(20)3/h4-11,14,19H,12-13H2,1-3H3,(H2,24,30)(H,26,29). The molecule has 8 heteroatoms. The zero-order chi connectivity index (χ0) is 21.8. The lowest BCUT2D eigenvalue weighted by molar-refractivity contribution is -0.118. The van der Waals surface area contributed by atoms with Gasteiger partial charge in [0, 0.05) is 35.6 Å². The van der Waals surface area contributed by atoms with Gasteiger partial charge >= 0.3 is 0 Å². The molecule has 158 valence electrons. The summed E-state index contributed by atoms with van der Waals surface area (Å²) in [7, 11) is 2.02. The van der Waals surface area contributed by atoms with Crippen LogP contribution in [0.15, 0.2) is 53.5 Å². The highest BCUT2D eigenvalue weighted by atomic mass is 35.5. The number of halogens is 1. The third kappa shape index (κ3) is 4.91. The van der Waals surface area contributed by atoms with Gasteiger partial charge in [0.25, 0.3) is 0 Å². The number of benzene rings is 2. The molecule has 1 heterocycles. The Bertz CT molecular complexity index is 943. The number of hydrogen-bond acceptors (Lipinski definition) is 4. The highest BCUT2D eigenvalue weighted by molar-refractivity contribution is 7.80. The van der Waals surface area contributed by atoms with E-state index in [2.05, 4.69) is 15.2 Å². The quantitative estimate of drug-likeness (QED) is 0.665. The maximum absolute atomic E-state index is 13.2. The highest BCUT2D eigenvalue weighted by Gasteiger charge is 2.31. The van der Waals surface area contributed by atoms with Gasteiger partial charge in [-0.05, 0) is 66.7 Å². The lowest BCUT2D eigenvalue weighted by atomic mass is 10.0. The topological polar surface area (TPSA) is 74.0 Å². The Kier molecular flexibility index (Phi) is 6.95. The number of nitrogens with zero attached hydrogens (tertiary/aromatic N) is 3. The summed E-state index contributed by atoms with van der Waals surface area (Å²) < 4.78 is 0. The summed E-state index contributed by atoms with van der Waals surface area (Å²) in [4.78, 5) is 21.5. The molecule has 0 radical (unpaired) electrons. The van der Waals surface area contributed by atoms with Crippen LogP contribution in [0.25, 0.3) is 0 Å². The number of carbonyl (C=O) groups is 1. The molecule has 2 aromatic carbocycles. The number of nitrogens with one attached hydrogen (secondary N) is 1. The van der Waals surface area contributed by atoms with Gasteiger partial charge in [-0.2, -0.15) is 0 Å². The van der Waals surface area contributed by atoms with Gasteiger partial charge < -0.3 is 20.9 Å². The van der Waals surface area contributed by atoms with Crippen LogP contribution in [0.5, 0.6) is 0 Å². The summed E-state index contributed by atoms with van der Waals surface area (Å²) >= 11 is 11.3. The van der Waals surface area contributed by atoms with Crippen molar-refractivity contribution in [3.8, 4) is 0 Å². The Hall–Kier alpha value is -2.64.